The normalized spacial score (nSPS) is 15.6. The number of hydrogen-bond donors (Lipinski definition) is 0. The van der Waals surface area contributed by atoms with Crippen LogP contribution in [-0.2, 0) is 16.1 Å². The maximum Gasteiger partial charge on any atom is 0.262 e. The van der Waals surface area contributed by atoms with Gasteiger partial charge in [-0.2, -0.15) is 0 Å². The number of imide groups is 1. The minimum absolute atomic E-state index is 0.242. The minimum atomic E-state index is -0.464. The smallest absolute Gasteiger partial charge is 0.262 e. The topological polar surface area (TPSA) is 55.8 Å². The summed E-state index contributed by atoms with van der Waals surface area (Å²) in [7, 11) is 1.68. The summed E-state index contributed by atoms with van der Waals surface area (Å²) in [6.07, 6.45) is 0. The standard InChI is InChI=1S/C24H29NO4/c1-16(25-21(26)19-9-7-8-10-20(19)22(25)27)18-13-11-17(12-14-18)15-29-24(4,5)23(2,3)28-6/h7-14,16H,15H2,1-6H3/t16-/m1/s1. The Morgan fingerprint density at radius 3 is 1.86 bits per heavy atom. The van der Waals surface area contributed by atoms with Crippen LogP contribution >= 0.6 is 0 Å². The average molecular weight is 395 g/mol. The van der Waals surface area contributed by atoms with Crippen LogP contribution in [0.1, 0.15) is 72.5 Å². The van der Waals surface area contributed by atoms with E-state index in [0.717, 1.165) is 11.1 Å². The third-order valence-electron chi connectivity index (χ3n) is 6.23. The first-order chi connectivity index (χ1) is 13.6. The van der Waals surface area contributed by atoms with Crippen LogP contribution in [0.2, 0.25) is 0 Å². The first-order valence-corrected chi connectivity index (χ1v) is 9.84. The molecule has 2 aromatic carbocycles. The van der Waals surface area contributed by atoms with Gasteiger partial charge in [-0.25, -0.2) is 0 Å². The molecule has 3 rings (SSSR count). The molecule has 0 radical (unpaired) electrons. The lowest BCUT2D eigenvalue weighted by atomic mass is 9.89. The van der Waals surface area contributed by atoms with Crippen molar-refractivity contribution in [3.8, 4) is 0 Å². The third-order valence-corrected chi connectivity index (χ3v) is 6.23. The van der Waals surface area contributed by atoms with Gasteiger partial charge < -0.3 is 9.47 Å². The van der Waals surface area contributed by atoms with Crippen molar-refractivity contribution < 1.29 is 19.1 Å². The van der Waals surface area contributed by atoms with Crippen molar-refractivity contribution in [2.75, 3.05) is 7.11 Å². The van der Waals surface area contributed by atoms with Gasteiger partial charge in [0.1, 0.15) is 0 Å². The van der Waals surface area contributed by atoms with Gasteiger partial charge in [-0.1, -0.05) is 36.4 Å². The van der Waals surface area contributed by atoms with Crippen molar-refractivity contribution in [3.05, 3.63) is 70.8 Å². The van der Waals surface area contributed by atoms with E-state index in [9.17, 15) is 9.59 Å². The fraction of sp³-hybridized carbons (Fsp3) is 0.417. The summed E-state index contributed by atoms with van der Waals surface area (Å²) in [6, 6.07) is 14.4. The van der Waals surface area contributed by atoms with Crippen LogP contribution in [0.25, 0.3) is 0 Å². The molecule has 29 heavy (non-hydrogen) atoms. The van der Waals surface area contributed by atoms with Crippen molar-refractivity contribution in [1.82, 2.24) is 4.90 Å². The second kappa shape index (κ2) is 7.73. The molecule has 0 aromatic heterocycles. The van der Waals surface area contributed by atoms with Crippen LogP contribution in [-0.4, -0.2) is 35.0 Å². The molecule has 0 unspecified atom stereocenters. The van der Waals surface area contributed by atoms with E-state index in [1.165, 1.54) is 4.90 Å². The fourth-order valence-electron chi connectivity index (χ4n) is 3.28. The van der Waals surface area contributed by atoms with Crippen LogP contribution in [0.3, 0.4) is 0 Å². The first kappa shape index (κ1) is 21.2. The van der Waals surface area contributed by atoms with Gasteiger partial charge in [-0.05, 0) is 57.9 Å². The number of nitrogens with zero attached hydrogens (tertiary/aromatic N) is 1. The first-order valence-electron chi connectivity index (χ1n) is 9.84. The lowest BCUT2D eigenvalue weighted by molar-refractivity contribution is -0.169. The SMILES string of the molecule is COC(C)(C)C(C)(C)OCc1ccc([C@@H](C)N2C(=O)c3ccccc3C2=O)cc1. The molecule has 5 heteroatoms. The van der Waals surface area contributed by atoms with Gasteiger partial charge in [0.2, 0.25) is 0 Å². The van der Waals surface area contributed by atoms with Crippen molar-refractivity contribution in [3.63, 3.8) is 0 Å². The van der Waals surface area contributed by atoms with Gasteiger partial charge in [0.05, 0.1) is 35.0 Å². The van der Waals surface area contributed by atoms with E-state index in [1.807, 2.05) is 58.9 Å². The Kier molecular flexibility index (Phi) is 5.65. The molecule has 1 atom stereocenters. The molecule has 2 amide bonds. The predicted octanol–water partition coefficient (Wildman–Crippen LogP) is 4.76. The fourth-order valence-corrected chi connectivity index (χ4v) is 3.28. The summed E-state index contributed by atoms with van der Waals surface area (Å²) >= 11 is 0. The van der Waals surface area contributed by atoms with Crippen molar-refractivity contribution in [2.24, 2.45) is 0 Å². The van der Waals surface area contributed by atoms with Gasteiger partial charge in [0.15, 0.2) is 0 Å². The highest BCUT2D eigenvalue weighted by atomic mass is 16.6. The highest BCUT2D eigenvalue weighted by Gasteiger charge is 2.39. The monoisotopic (exact) mass is 395 g/mol. The molecule has 5 nitrogen and oxygen atoms in total. The van der Waals surface area contributed by atoms with Crippen LogP contribution in [0.4, 0.5) is 0 Å². The van der Waals surface area contributed by atoms with E-state index in [-0.39, 0.29) is 17.9 Å². The number of benzene rings is 2. The van der Waals surface area contributed by atoms with Gasteiger partial charge in [0.25, 0.3) is 11.8 Å². The molecule has 0 saturated carbocycles. The van der Waals surface area contributed by atoms with E-state index in [4.69, 9.17) is 9.47 Å². The van der Waals surface area contributed by atoms with E-state index < -0.39 is 11.2 Å². The maximum atomic E-state index is 12.7. The number of rotatable bonds is 7. The summed E-state index contributed by atoms with van der Waals surface area (Å²) in [5, 5.41) is 0. The molecule has 0 N–H and O–H groups in total. The van der Waals surface area contributed by atoms with Gasteiger partial charge in [-0.3, -0.25) is 14.5 Å². The summed E-state index contributed by atoms with van der Waals surface area (Å²) in [6.45, 7) is 10.3. The highest BCUT2D eigenvalue weighted by Crippen LogP contribution is 2.32. The Bertz CT molecular complexity index is 880. The summed E-state index contributed by atoms with van der Waals surface area (Å²) in [5.41, 5.74) is 1.97. The molecular weight excluding hydrogens is 366 g/mol. The predicted molar refractivity (Wildman–Crippen MR) is 112 cm³/mol. The number of carbonyl (C=O) groups excluding carboxylic acids is 2. The molecule has 154 valence electrons. The molecule has 1 aliphatic rings. The highest BCUT2D eigenvalue weighted by molar-refractivity contribution is 6.21. The van der Waals surface area contributed by atoms with Gasteiger partial charge in [0, 0.05) is 7.11 Å². The number of ether oxygens (including phenoxy) is 2. The lowest BCUT2D eigenvalue weighted by Gasteiger charge is -2.40. The zero-order chi connectivity index (χ0) is 21.4. The molecule has 0 saturated heterocycles. The molecule has 1 heterocycles. The number of carbonyl (C=O) groups is 2. The van der Waals surface area contributed by atoms with E-state index in [2.05, 4.69) is 0 Å². The summed E-state index contributed by atoms with van der Waals surface area (Å²) in [4.78, 5) is 26.7. The number of fused-ring (bicyclic) bond motifs is 1. The summed E-state index contributed by atoms with van der Waals surface area (Å²) in [5.74, 6) is -0.483. The lowest BCUT2D eigenvalue weighted by Crippen LogP contribution is -2.48. The third kappa shape index (κ3) is 3.85. The number of methoxy groups -OCH3 is 1. The van der Waals surface area contributed by atoms with Crippen LogP contribution in [0.5, 0.6) is 0 Å². The number of amides is 2. The number of hydrogen-bond acceptors (Lipinski definition) is 4. The second-order valence-electron chi connectivity index (χ2n) is 8.46. The Hall–Kier alpha value is -2.50. The Labute approximate surface area is 172 Å². The van der Waals surface area contributed by atoms with E-state index in [1.54, 1.807) is 31.4 Å². The van der Waals surface area contributed by atoms with Crippen LogP contribution < -0.4 is 0 Å². The largest absolute Gasteiger partial charge is 0.376 e. The van der Waals surface area contributed by atoms with Gasteiger partial charge in [-0.15, -0.1) is 0 Å². The van der Waals surface area contributed by atoms with Gasteiger partial charge >= 0.3 is 0 Å². The zero-order valence-corrected chi connectivity index (χ0v) is 18.0. The summed E-state index contributed by atoms with van der Waals surface area (Å²) < 4.78 is 11.7. The maximum absolute atomic E-state index is 12.7. The Balaban J connectivity index is 1.71. The molecular formula is C24H29NO4. The quantitative estimate of drug-likeness (QED) is 0.634. The van der Waals surface area contributed by atoms with E-state index >= 15 is 0 Å². The van der Waals surface area contributed by atoms with Crippen molar-refractivity contribution in [2.45, 2.75) is 58.5 Å². The molecule has 2 aromatic rings. The Morgan fingerprint density at radius 2 is 1.38 bits per heavy atom. The second-order valence-corrected chi connectivity index (χ2v) is 8.46. The van der Waals surface area contributed by atoms with Crippen molar-refractivity contribution >= 4 is 11.8 Å². The van der Waals surface area contributed by atoms with Crippen LogP contribution in [0, 0.1) is 0 Å². The zero-order valence-electron chi connectivity index (χ0n) is 18.0. The minimum Gasteiger partial charge on any atom is -0.376 e. The average Bonchev–Trinajstić information content (AvgIpc) is 2.97. The van der Waals surface area contributed by atoms with Crippen LogP contribution in [0.15, 0.2) is 48.5 Å². The molecule has 0 fully saturated rings. The van der Waals surface area contributed by atoms with Crippen molar-refractivity contribution in [1.29, 1.82) is 0 Å². The van der Waals surface area contributed by atoms with E-state index in [0.29, 0.717) is 17.7 Å². The molecule has 0 aliphatic carbocycles. The molecule has 0 spiro atoms. The Morgan fingerprint density at radius 1 is 0.862 bits per heavy atom. The molecule has 0 bridgehead atoms. The molecule has 1 aliphatic heterocycles.